The summed E-state index contributed by atoms with van der Waals surface area (Å²) >= 11 is 4.81. The van der Waals surface area contributed by atoms with Gasteiger partial charge >= 0.3 is 0 Å². The van der Waals surface area contributed by atoms with Gasteiger partial charge in [-0.25, -0.2) is 0 Å². The van der Waals surface area contributed by atoms with E-state index in [9.17, 15) is 0 Å². The molecule has 1 fully saturated rings. The van der Waals surface area contributed by atoms with Crippen LogP contribution in [0, 0.1) is 5.92 Å². The van der Waals surface area contributed by atoms with Crippen molar-refractivity contribution < 1.29 is 9.47 Å². The number of hydrogen-bond acceptors (Lipinski definition) is 2. The molecule has 0 radical (unpaired) electrons. The second-order valence-corrected chi connectivity index (χ2v) is 5.00. The zero-order chi connectivity index (χ0) is 9.03. The predicted molar refractivity (Wildman–Crippen MR) is 66.2 cm³/mol. The molecule has 0 aromatic carbocycles. The third-order valence-corrected chi connectivity index (χ3v) is 3.93. The smallest absolute Gasteiger partial charge is 0.169 e. The zero-order valence-electron chi connectivity index (χ0n) is 7.19. The van der Waals surface area contributed by atoms with E-state index in [4.69, 9.17) is 9.47 Å². The molecule has 1 atom stereocenters. The van der Waals surface area contributed by atoms with Gasteiger partial charge in [-0.3, -0.25) is 0 Å². The maximum atomic E-state index is 5.62. The molecule has 0 aromatic heterocycles. The van der Waals surface area contributed by atoms with Crippen molar-refractivity contribution in [3.8, 4) is 0 Å². The number of ether oxygens (including phenoxy) is 2. The van der Waals surface area contributed by atoms with E-state index < -0.39 is 0 Å². The minimum atomic E-state index is -0.299. The average Bonchev–Trinajstić information content (AvgIpc) is 2.49. The third-order valence-electron chi connectivity index (χ3n) is 2.25. The van der Waals surface area contributed by atoms with Crippen molar-refractivity contribution in [2.45, 2.75) is 19.1 Å². The van der Waals surface area contributed by atoms with E-state index >= 15 is 0 Å². The van der Waals surface area contributed by atoms with Gasteiger partial charge in [-0.05, 0) is 13.3 Å². The number of hydrogen-bond donors (Lipinski definition) is 0. The summed E-state index contributed by atoms with van der Waals surface area (Å²) in [5.74, 6) is 0.240. The van der Waals surface area contributed by atoms with E-state index in [0.717, 1.165) is 17.6 Å². The van der Waals surface area contributed by atoms with Crippen LogP contribution in [0.5, 0.6) is 0 Å². The summed E-state index contributed by atoms with van der Waals surface area (Å²) in [5.41, 5.74) is 0. The van der Waals surface area contributed by atoms with E-state index in [-0.39, 0.29) is 5.79 Å². The van der Waals surface area contributed by atoms with Crippen molar-refractivity contribution in [1.29, 1.82) is 0 Å². The van der Waals surface area contributed by atoms with Gasteiger partial charge < -0.3 is 9.47 Å². The topological polar surface area (TPSA) is 18.5 Å². The molecule has 1 saturated heterocycles. The molecule has 0 amide bonds. The Labute approximate surface area is 101 Å². The molecule has 1 unspecified atom stereocenters. The Morgan fingerprint density at radius 2 is 1.92 bits per heavy atom. The fourth-order valence-electron chi connectivity index (χ4n) is 1.38. The summed E-state index contributed by atoms with van der Waals surface area (Å²) in [5, 5.41) is 0. The first-order chi connectivity index (χ1) is 5.73. The van der Waals surface area contributed by atoms with E-state index in [0.29, 0.717) is 5.92 Å². The second-order valence-electron chi connectivity index (χ2n) is 3.04. The Morgan fingerprint density at radius 1 is 1.33 bits per heavy atom. The molecule has 72 valence electrons. The van der Waals surface area contributed by atoms with Crippen molar-refractivity contribution >= 4 is 45.2 Å². The Kier molecular flexibility index (Phi) is 5.07. The van der Waals surface area contributed by atoms with Crippen LogP contribution in [0.25, 0.3) is 0 Å². The molecule has 12 heavy (non-hydrogen) atoms. The Bertz CT molecular complexity index is 135. The minimum absolute atomic E-state index is 0.299. The zero-order valence-corrected chi connectivity index (χ0v) is 11.5. The monoisotopic (exact) mass is 396 g/mol. The molecular formula is C8H14I2O2. The summed E-state index contributed by atoms with van der Waals surface area (Å²) in [6, 6.07) is 0. The van der Waals surface area contributed by atoms with Crippen LogP contribution in [-0.4, -0.2) is 27.9 Å². The van der Waals surface area contributed by atoms with Crippen LogP contribution in [0.1, 0.15) is 13.3 Å². The molecule has 0 N–H and O–H groups in total. The van der Waals surface area contributed by atoms with Gasteiger partial charge in [0.15, 0.2) is 5.79 Å². The molecule has 0 spiro atoms. The van der Waals surface area contributed by atoms with Crippen LogP contribution in [0.2, 0.25) is 0 Å². The molecule has 1 aliphatic heterocycles. The molecule has 0 aliphatic carbocycles. The van der Waals surface area contributed by atoms with Crippen LogP contribution in [0.15, 0.2) is 0 Å². The fourth-order valence-corrected chi connectivity index (χ4v) is 3.37. The van der Waals surface area contributed by atoms with E-state index in [1.165, 1.54) is 10.8 Å². The van der Waals surface area contributed by atoms with Crippen molar-refractivity contribution in [3.05, 3.63) is 0 Å². The van der Waals surface area contributed by atoms with Crippen LogP contribution >= 0.6 is 45.2 Å². The lowest BCUT2D eigenvalue weighted by Gasteiger charge is -2.30. The minimum Gasteiger partial charge on any atom is -0.348 e. The lowest BCUT2D eigenvalue weighted by molar-refractivity contribution is -0.175. The number of alkyl halides is 2. The lowest BCUT2D eigenvalue weighted by Crippen LogP contribution is -2.37. The van der Waals surface area contributed by atoms with E-state index in [2.05, 4.69) is 52.1 Å². The van der Waals surface area contributed by atoms with Crippen LogP contribution in [0.4, 0.5) is 0 Å². The lowest BCUT2D eigenvalue weighted by atomic mass is 10.00. The fraction of sp³-hybridized carbons (Fsp3) is 1.00. The highest BCUT2D eigenvalue weighted by Gasteiger charge is 2.38. The largest absolute Gasteiger partial charge is 0.348 e. The van der Waals surface area contributed by atoms with Crippen molar-refractivity contribution in [2.24, 2.45) is 5.92 Å². The molecule has 1 aliphatic rings. The SMILES string of the molecule is CC1(C(CI)CCI)OCCO1. The van der Waals surface area contributed by atoms with Crippen LogP contribution in [0.3, 0.4) is 0 Å². The molecule has 0 aromatic rings. The van der Waals surface area contributed by atoms with E-state index in [1.54, 1.807) is 0 Å². The van der Waals surface area contributed by atoms with Gasteiger partial charge in [0, 0.05) is 14.8 Å². The van der Waals surface area contributed by atoms with Gasteiger partial charge in [0.05, 0.1) is 13.2 Å². The Balaban J connectivity index is 2.50. The Hall–Kier alpha value is 1.38. The van der Waals surface area contributed by atoms with Gasteiger partial charge in [-0.1, -0.05) is 45.2 Å². The van der Waals surface area contributed by atoms with Crippen LogP contribution in [-0.2, 0) is 9.47 Å². The first-order valence-corrected chi connectivity index (χ1v) is 7.18. The maximum Gasteiger partial charge on any atom is 0.169 e. The average molecular weight is 396 g/mol. The van der Waals surface area contributed by atoms with Crippen molar-refractivity contribution in [3.63, 3.8) is 0 Å². The summed E-state index contributed by atoms with van der Waals surface area (Å²) in [4.78, 5) is 0. The summed E-state index contributed by atoms with van der Waals surface area (Å²) in [6.07, 6.45) is 1.18. The normalized spacial score (nSPS) is 24.2. The van der Waals surface area contributed by atoms with Gasteiger partial charge in [-0.15, -0.1) is 0 Å². The molecule has 0 saturated carbocycles. The molecule has 4 heteroatoms. The highest BCUT2D eigenvalue weighted by molar-refractivity contribution is 14.1. The molecule has 2 nitrogen and oxygen atoms in total. The second kappa shape index (κ2) is 5.31. The standard InChI is InChI=1S/C8H14I2O2/c1-8(11-4-5-12-8)7(6-10)2-3-9/h7H,2-6H2,1H3. The van der Waals surface area contributed by atoms with Crippen molar-refractivity contribution in [2.75, 3.05) is 22.1 Å². The Morgan fingerprint density at radius 3 is 2.33 bits per heavy atom. The molecule has 1 heterocycles. The van der Waals surface area contributed by atoms with Gasteiger partial charge in [0.25, 0.3) is 0 Å². The van der Waals surface area contributed by atoms with Gasteiger partial charge in [-0.2, -0.15) is 0 Å². The van der Waals surface area contributed by atoms with Gasteiger partial charge in [0.1, 0.15) is 0 Å². The first kappa shape index (κ1) is 11.5. The highest BCUT2D eigenvalue weighted by atomic mass is 127. The third kappa shape index (κ3) is 2.68. The molecular weight excluding hydrogens is 382 g/mol. The number of rotatable bonds is 4. The highest BCUT2D eigenvalue weighted by Crippen LogP contribution is 2.31. The molecule has 1 rings (SSSR count). The summed E-state index contributed by atoms with van der Waals surface area (Å²) < 4.78 is 13.5. The van der Waals surface area contributed by atoms with Crippen molar-refractivity contribution in [1.82, 2.24) is 0 Å². The molecule has 0 bridgehead atoms. The predicted octanol–water partition coefficient (Wildman–Crippen LogP) is 2.63. The number of halogens is 2. The van der Waals surface area contributed by atoms with E-state index in [1.807, 2.05) is 0 Å². The van der Waals surface area contributed by atoms with Crippen LogP contribution < -0.4 is 0 Å². The first-order valence-electron chi connectivity index (χ1n) is 4.13. The summed E-state index contributed by atoms with van der Waals surface area (Å²) in [6.45, 7) is 3.57. The summed E-state index contributed by atoms with van der Waals surface area (Å²) in [7, 11) is 0. The quantitative estimate of drug-likeness (QED) is 0.538. The maximum absolute atomic E-state index is 5.62. The van der Waals surface area contributed by atoms with Gasteiger partial charge in [0.2, 0.25) is 0 Å².